The molecule has 19 heavy (non-hydrogen) atoms. The van der Waals surface area contributed by atoms with Crippen molar-refractivity contribution in [3.8, 4) is 0 Å². The van der Waals surface area contributed by atoms with E-state index in [0.717, 1.165) is 10.5 Å². The van der Waals surface area contributed by atoms with E-state index >= 15 is 0 Å². The molecule has 6 heteroatoms. The van der Waals surface area contributed by atoms with Crippen molar-refractivity contribution in [1.29, 1.82) is 0 Å². The van der Waals surface area contributed by atoms with Crippen LogP contribution in [0.25, 0.3) is 0 Å². The summed E-state index contributed by atoms with van der Waals surface area (Å²) in [5.41, 5.74) is 0.399. The van der Waals surface area contributed by atoms with Crippen LogP contribution < -0.4 is 0 Å². The highest BCUT2D eigenvalue weighted by Gasteiger charge is 2.43. The van der Waals surface area contributed by atoms with Gasteiger partial charge in [0.2, 0.25) is 0 Å². The molecule has 1 aliphatic rings. The van der Waals surface area contributed by atoms with Gasteiger partial charge in [0.15, 0.2) is 0 Å². The van der Waals surface area contributed by atoms with E-state index in [1.54, 1.807) is 0 Å². The van der Waals surface area contributed by atoms with E-state index in [1.807, 2.05) is 31.2 Å². The SMILES string of the molecule is Cc1ccc(S[C@@H]2OC(CO)[C@H](O)[C@H](O)C2O)cc1. The van der Waals surface area contributed by atoms with Gasteiger partial charge in [-0.3, -0.25) is 0 Å². The second-order valence-electron chi connectivity index (χ2n) is 4.63. The highest BCUT2D eigenvalue weighted by molar-refractivity contribution is 7.99. The van der Waals surface area contributed by atoms with E-state index in [2.05, 4.69) is 0 Å². The lowest BCUT2D eigenvalue weighted by Gasteiger charge is -2.39. The Kier molecular flexibility index (Phi) is 4.83. The van der Waals surface area contributed by atoms with Crippen molar-refractivity contribution in [3.63, 3.8) is 0 Å². The van der Waals surface area contributed by atoms with Crippen LogP contribution in [-0.2, 0) is 4.74 Å². The summed E-state index contributed by atoms with van der Waals surface area (Å²) in [4.78, 5) is 0.884. The molecule has 5 atom stereocenters. The predicted octanol–water partition coefficient (Wildman–Crippen LogP) is -0.113. The molecule has 1 saturated heterocycles. The molecular weight excluding hydrogens is 268 g/mol. The van der Waals surface area contributed by atoms with Crippen molar-refractivity contribution in [1.82, 2.24) is 0 Å². The average molecular weight is 286 g/mol. The van der Waals surface area contributed by atoms with Gasteiger partial charge in [0.1, 0.15) is 29.9 Å². The number of hydrogen-bond donors (Lipinski definition) is 4. The second-order valence-corrected chi connectivity index (χ2v) is 5.80. The molecule has 0 bridgehead atoms. The second kappa shape index (κ2) is 6.21. The molecule has 1 fully saturated rings. The fraction of sp³-hybridized carbons (Fsp3) is 0.538. The fourth-order valence-electron chi connectivity index (χ4n) is 1.92. The molecule has 0 saturated carbocycles. The van der Waals surface area contributed by atoms with E-state index < -0.39 is 36.5 Å². The van der Waals surface area contributed by atoms with Gasteiger partial charge in [-0.05, 0) is 19.1 Å². The standard InChI is InChI=1S/C13H18O5S/c1-7-2-4-8(5-3-7)19-13-12(17)11(16)10(15)9(6-14)18-13/h2-5,9-17H,6H2,1H3/t9?,10-,11-,12?,13-/m0/s1. The Bertz CT molecular complexity index is 408. The van der Waals surface area contributed by atoms with Crippen LogP contribution in [0.1, 0.15) is 5.56 Å². The van der Waals surface area contributed by atoms with Crippen LogP contribution in [0.2, 0.25) is 0 Å². The Morgan fingerprint density at radius 2 is 1.68 bits per heavy atom. The summed E-state index contributed by atoms with van der Waals surface area (Å²) in [6.45, 7) is 1.57. The van der Waals surface area contributed by atoms with Crippen molar-refractivity contribution in [2.45, 2.75) is 41.7 Å². The Balaban J connectivity index is 2.08. The smallest absolute Gasteiger partial charge is 0.136 e. The zero-order valence-corrected chi connectivity index (χ0v) is 11.3. The minimum atomic E-state index is -1.33. The summed E-state index contributed by atoms with van der Waals surface area (Å²) < 4.78 is 5.42. The maximum absolute atomic E-state index is 9.90. The van der Waals surface area contributed by atoms with Crippen molar-refractivity contribution in [2.24, 2.45) is 0 Å². The maximum Gasteiger partial charge on any atom is 0.136 e. The maximum atomic E-state index is 9.90. The summed E-state index contributed by atoms with van der Waals surface area (Å²) in [7, 11) is 0. The van der Waals surface area contributed by atoms with E-state index in [0.29, 0.717) is 0 Å². The first-order valence-corrected chi connectivity index (χ1v) is 6.94. The fourth-order valence-corrected chi connectivity index (χ4v) is 2.98. The first-order chi connectivity index (χ1) is 9.02. The number of rotatable bonds is 3. The topological polar surface area (TPSA) is 90.2 Å². The molecule has 1 aromatic carbocycles. The van der Waals surface area contributed by atoms with Crippen LogP contribution in [0.4, 0.5) is 0 Å². The lowest BCUT2D eigenvalue weighted by Crippen LogP contribution is -2.57. The number of aliphatic hydroxyl groups excluding tert-OH is 4. The first-order valence-electron chi connectivity index (χ1n) is 6.07. The molecule has 1 aliphatic heterocycles. The van der Waals surface area contributed by atoms with Crippen LogP contribution in [0.5, 0.6) is 0 Å². The van der Waals surface area contributed by atoms with Crippen LogP contribution in [0, 0.1) is 6.92 Å². The van der Waals surface area contributed by atoms with Crippen LogP contribution in [0.3, 0.4) is 0 Å². The Morgan fingerprint density at radius 3 is 2.26 bits per heavy atom. The Morgan fingerprint density at radius 1 is 1.05 bits per heavy atom. The van der Waals surface area contributed by atoms with Gasteiger partial charge in [0, 0.05) is 4.90 Å². The lowest BCUT2D eigenvalue weighted by molar-refractivity contribution is -0.205. The van der Waals surface area contributed by atoms with E-state index in [-0.39, 0.29) is 0 Å². The number of benzene rings is 1. The minimum Gasteiger partial charge on any atom is -0.394 e. The van der Waals surface area contributed by atoms with Gasteiger partial charge < -0.3 is 25.2 Å². The Hall–Kier alpha value is -0.630. The minimum absolute atomic E-state index is 0.407. The molecule has 4 N–H and O–H groups in total. The van der Waals surface area contributed by atoms with E-state index in [1.165, 1.54) is 11.8 Å². The molecule has 2 unspecified atom stereocenters. The molecule has 1 heterocycles. The molecule has 0 spiro atoms. The van der Waals surface area contributed by atoms with Gasteiger partial charge in [0.25, 0.3) is 0 Å². The number of thioether (sulfide) groups is 1. The highest BCUT2D eigenvalue weighted by atomic mass is 32.2. The number of hydrogen-bond acceptors (Lipinski definition) is 6. The normalized spacial score (nSPS) is 35.3. The van der Waals surface area contributed by atoms with Crippen molar-refractivity contribution >= 4 is 11.8 Å². The average Bonchev–Trinajstić information content (AvgIpc) is 2.42. The van der Waals surface area contributed by atoms with Gasteiger partial charge in [0.05, 0.1) is 6.61 Å². The predicted molar refractivity (Wildman–Crippen MR) is 70.8 cm³/mol. The summed E-state index contributed by atoms with van der Waals surface area (Å²) in [5, 5.41) is 38.4. The van der Waals surface area contributed by atoms with Gasteiger partial charge in [-0.15, -0.1) is 0 Å². The first kappa shape index (κ1) is 14.8. The number of aryl methyl sites for hydroxylation is 1. The molecule has 0 aromatic heterocycles. The third kappa shape index (κ3) is 3.28. The molecule has 2 rings (SSSR count). The molecule has 0 amide bonds. The zero-order valence-electron chi connectivity index (χ0n) is 10.5. The molecule has 5 nitrogen and oxygen atoms in total. The summed E-state index contributed by atoms with van der Waals surface area (Å²) in [6.07, 6.45) is -4.70. The monoisotopic (exact) mass is 286 g/mol. The van der Waals surface area contributed by atoms with Gasteiger partial charge in [-0.1, -0.05) is 29.5 Å². The number of aliphatic hydroxyl groups is 4. The molecule has 0 radical (unpaired) electrons. The van der Waals surface area contributed by atoms with E-state index in [9.17, 15) is 15.3 Å². The number of ether oxygens (including phenoxy) is 1. The summed E-state index contributed by atoms with van der Waals surface area (Å²) in [5.74, 6) is 0. The van der Waals surface area contributed by atoms with Crippen LogP contribution in [-0.4, -0.2) is 56.9 Å². The van der Waals surface area contributed by atoms with Crippen LogP contribution in [0.15, 0.2) is 29.2 Å². The summed E-state index contributed by atoms with van der Waals surface area (Å²) >= 11 is 1.25. The zero-order chi connectivity index (χ0) is 14.0. The largest absolute Gasteiger partial charge is 0.394 e. The van der Waals surface area contributed by atoms with Crippen LogP contribution >= 0.6 is 11.8 Å². The Labute approximate surface area is 115 Å². The highest BCUT2D eigenvalue weighted by Crippen LogP contribution is 2.33. The third-order valence-corrected chi connectivity index (χ3v) is 4.29. The van der Waals surface area contributed by atoms with Crippen molar-refractivity contribution in [2.75, 3.05) is 6.61 Å². The lowest BCUT2D eigenvalue weighted by atomic mass is 10.0. The third-order valence-electron chi connectivity index (χ3n) is 3.12. The summed E-state index contributed by atoms with van der Waals surface area (Å²) in [6, 6.07) is 7.65. The molecule has 1 aromatic rings. The molecule has 106 valence electrons. The van der Waals surface area contributed by atoms with Gasteiger partial charge in [-0.2, -0.15) is 0 Å². The van der Waals surface area contributed by atoms with Crippen molar-refractivity contribution < 1.29 is 25.2 Å². The van der Waals surface area contributed by atoms with Gasteiger partial charge >= 0.3 is 0 Å². The molecular formula is C13H18O5S. The molecule has 0 aliphatic carbocycles. The van der Waals surface area contributed by atoms with Gasteiger partial charge in [-0.25, -0.2) is 0 Å². The van der Waals surface area contributed by atoms with E-state index in [4.69, 9.17) is 9.84 Å². The quantitative estimate of drug-likeness (QED) is 0.620. The van der Waals surface area contributed by atoms with Crippen molar-refractivity contribution in [3.05, 3.63) is 29.8 Å².